The third kappa shape index (κ3) is 6.06. The quantitative estimate of drug-likeness (QED) is 0.177. The van der Waals surface area contributed by atoms with Crippen molar-refractivity contribution in [3.8, 4) is 23.2 Å². The molecule has 0 bridgehead atoms. The van der Waals surface area contributed by atoms with Gasteiger partial charge < -0.3 is 14.5 Å². The summed E-state index contributed by atoms with van der Waals surface area (Å²) in [5, 5.41) is 11.4. The minimum atomic E-state index is 0.0315. The van der Waals surface area contributed by atoms with E-state index in [1.54, 1.807) is 23.7 Å². The molecule has 3 heterocycles. The van der Waals surface area contributed by atoms with E-state index in [1.165, 1.54) is 6.08 Å². The van der Waals surface area contributed by atoms with Gasteiger partial charge in [-0.2, -0.15) is 5.26 Å². The smallest absolute Gasteiger partial charge is 0.159 e. The number of nitrogens with zero attached hydrogens (tertiary/aromatic N) is 5. The van der Waals surface area contributed by atoms with Crippen LogP contribution in [0.5, 0.6) is 5.75 Å². The number of hydrogen-bond donors (Lipinski definition) is 0. The number of aromatic nitrogens is 2. The molecule has 1 aliphatic rings. The summed E-state index contributed by atoms with van der Waals surface area (Å²) in [6.07, 6.45) is 9.95. The van der Waals surface area contributed by atoms with Gasteiger partial charge in [-0.1, -0.05) is 18.2 Å². The van der Waals surface area contributed by atoms with Crippen LogP contribution >= 0.6 is 11.3 Å². The fraction of sp³-hybridized carbons (Fsp3) is 0.312. The maximum Gasteiger partial charge on any atom is 0.159 e. The van der Waals surface area contributed by atoms with Crippen LogP contribution in [0.4, 0.5) is 5.00 Å². The molecule has 2 aromatic carbocycles. The molecule has 7 nitrogen and oxygen atoms in total. The van der Waals surface area contributed by atoms with Crippen LogP contribution < -0.4 is 9.64 Å². The van der Waals surface area contributed by atoms with E-state index in [0.29, 0.717) is 29.7 Å². The Morgan fingerprint density at radius 1 is 1.20 bits per heavy atom. The van der Waals surface area contributed by atoms with Crippen LogP contribution in [0.15, 0.2) is 60.9 Å². The van der Waals surface area contributed by atoms with E-state index in [1.807, 2.05) is 36.4 Å². The molecule has 1 fully saturated rings. The third-order valence-electron chi connectivity index (χ3n) is 7.66. The van der Waals surface area contributed by atoms with Crippen molar-refractivity contribution in [1.29, 1.82) is 5.26 Å². The summed E-state index contributed by atoms with van der Waals surface area (Å²) in [6, 6.07) is 16.2. The molecule has 5 rings (SSSR count). The van der Waals surface area contributed by atoms with Crippen LogP contribution in [0.2, 0.25) is 0 Å². The van der Waals surface area contributed by atoms with Crippen LogP contribution in [0.3, 0.4) is 0 Å². The number of aldehydes is 1. The highest BCUT2D eigenvalue weighted by Crippen LogP contribution is 2.42. The summed E-state index contributed by atoms with van der Waals surface area (Å²) >= 11 is 1.65. The number of carbonyl (C=O) groups is 1. The van der Waals surface area contributed by atoms with Gasteiger partial charge in [0.15, 0.2) is 11.6 Å². The first-order valence-corrected chi connectivity index (χ1v) is 14.3. The van der Waals surface area contributed by atoms with Gasteiger partial charge in [-0.25, -0.2) is 9.97 Å². The summed E-state index contributed by atoms with van der Waals surface area (Å²) in [6.45, 7) is 5.10. The van der Waals surface area contributed by atoms with E-state index >= 15 is 0 Å². The first-order valence-electron chi connectivity index (χ1n) is 13.5. The van der Waals surface area contributed by atoms with Crippen LogP contribution in [0.25, 0.3) is 27.6 Å². The number of anilines is 1. The Morgan fingerprint density at radius 3 is 2.70 bits per heavy atom. The largest absolute Gasteiger partial charge is 0.490 e. The molecular formula is C32H33N5O2S. The number of nitriles is 1. The summed E-state index contributed by atoms with van der Waals surface area (Å²) < 4.78 is 7.07. The lowest BCUT2D eigenvalue weighted by Crippen LogP contribution is -2.32. The lowest BCUT2D eigenvalue weighted by Gasteiger charge is -2.28. The monoisotopic (exact) mass is 551 g/mol. The number of rotatable bonds is 9. The SMILES string of the molecule is CC(c1cccc(-c2ncc(OCC3CCN(C)CC3)cn2)c1)N(C)c1sc2ccc(C#N)cc2c1/C=C\C=O. The van der Waals surface area contributed by atoms with Gasteiger partial charge in [-0.05, 0) is 87.8 Å². The predicted molar refractivity (Wildman–Crippen MR) is 162 cm³/mol. The van der Waals surface area contributed by atoms with E-state index in [-0.39, 0.29) is 6.04 Å². The van der Waals surface area contributed by atoms with Crippen molar-refractivity contribution in [2.75, 3.05) is 38.7 Å². The van der Waals surface area contributed by atoms with Crippen LogP contribution in [-0.4, -0.2) is 54.9 Å². The van der Waals surface area contributed by atoms with Gasteiger partial charge >= 0.3 is 0 Å². The van der Waals surface area contributed by atoms with Gasteiger partial charge in [0.1, 0.15) is 6.29 Å². The number of carbonyl (C=O) groups excluding carboxylic acids is 1. The second kappa shape index (κ2) is 12.4. The van der Waals surface area contributed by atoms with E-state index < -0.39 is 0 Å². The molecule has 0 spiro atoms. The van der Waals surface area contributed by atoms with Crippen LogP contribution in [-0.2, 0) is 4.79 Å². The number of fused-ring (bicyclic) bond motifs is 1. The molecule has 1 aliphatic heterocycles. The van der Waals surface area contributed by atoms with Gasteiger partial charge in [-0.15, -0.1) is 11.3 Å². The Hall–Kier alpha value is -4.06. The highest BCUT2D eigenvalue weighted by atomic mass is 32.1. The second-order valence-corrected chi connectivity index (χ2v) is 11.4. The number of allylic oxidation sites excluding steroid dienone is 1. The first-order chi connectivity index (χ1) is 19.5. The molecule has 0 N–H and O–H groups in total. The summed E-state index contributed by atoms with van der Waals surface area (Å²) in [7, 11) is 4.22. The van der Waals surface area contributed by atoms with Gasteiger partial charge in [0.2, 0.25) is 0 Å². The highest BCUT2D eigenvalue weighted by Gasteiger charge is 2.21. The zero-order chi connectivity index (χ0) is 28.1. The van der Waals surface area contributed by atoms with Gasteiger partial charge in [0, 0.05) is 28.3 Å². The van der Waals surface area contributed by atoms with Gasteiger partial charge in [-0.3, -0.25) is 4.79 Å². The second-order valence-electron chi connectivity index (χ2n) is 10.4. The first kappa shape index (κ1) is 27.5. The van der Waals surface area contributed by atoms with Crippen molar-refractivity contribution < 1.29 is 9.53 Å². The molecule has 0 radical (unpaired) electrons. The normalized spacial score (nSPS) is 15.2. The molecule has 2 aromatic heterocycles. The van der Waals surface area contributed by atoms with Crippen molar-refractivity contribution in [3.05, 3.63) is 77.6 Å². The maximum atomic E-state index is 11.1. The van der Waals surface area contributed by atoms with Crippen molar-refractivity contribution in [2.24, 2.45) is 5.92 Å². The van der Waals surface area contributed by atoms with Crippen molar-refractivity contribution in [3.63, 3.8) is 0 Å². The number of thiophene rings is 1. The van der Waals surface area contributed by atoms with Crippen molar-refractivity contribution in [2.45, 2.75) is 25.8 Å². The molecule has 0 saturated carbocycles. The lowest BCUT2D eigenvalue weighted by atomic mass is 9.98. The molecule has 204 valence electrons. The fourth-order valence-electron chi connectivity index (χ4n) is 5.05. The zero-order valence-electron chi connectivity index (χ0n) is 23.1. The number of hydrogen-bond acceptors (Lipinski definition) is 8. The number of likely N-dealkylation sites (tertiary alicyclic amines) is 1. The molecular weight excluding hydrogens is 518 g/mol. The minimum Gasteiger partial charge on any atom is -0.490 e. The average molecular weight is 552 g/mol. The Labute approximate surface area is 239 Å². The van der Waals surface area contributed by atoms with Gasteiger partial charge in [0.25, 0.3) is 0 Å². The lowest BCUT2D eigenvalue weighted by molar-refractivity contribution is -0.104. The van der Waals surface area contributed by atoms with Crippen LogP contribution in [0.1, 0.15) is 42.5 Å². The highest BCUT2D eigenvalue weighted by molar-refractivity contribution is 7.23. The summed E-state index contributed by atoms with van der Waals surface area (Å²) in [4.78, 5) is 24.9. The molecule has 4 aromatic rings. The predicted octanol–water partition coefficient (Wildman–Crippen LogP) is 6.36. The minimum absolute atomic E-state index is 0.0315. The fourth-order valence-corrected chi connectivity index (χ4v) is 6.26. The Balaban J connectivity index is 1.34. The molecule has 40 heavy (non-hydrogen) atoms. The van der Waals surface area contributed by atoms with E-state index in [0.717, 1.165) is 64.0 Å². The van der Waals surface area contributed by atoms with E-state index in [9.17, 15) is 10.1 Å². The van der Waals surface area contributed by atoms with Crippen molar-refractivity contribution >= 4 is 38.8 Å². The number of piperidine rings is 1. The summed E-state index contributed by atoms with van der Waals surface area (Å²) in [5.41, 5.74) is 3.59. The molecule has 1 saturated heterocycles. The average Bonchev–Trinajstić information content (AvgIpc) is 3.36. The van der Waals surface area contributed by atoms with E-state index in [4.69, 9.17) is 4.74 Å². The Bertz CT molecular complexity index is 1550. The number of benzene rings is 2. The third-order valence-corrected chi connectivity index (χ3v) is 8.94. The maximum absolute atomic E-state index is 11.1. The topological polar surface area (TPSA) is 82.3 Å². The number of ether oxygens (including phenoxy) is 1. The Morgan fingerprint density at radius 2 is 1.98 bits per heavy atom. The standard InChI is InChI=1S/C32H33N5O2S/c1-22(37(3)32-28(8-5-15-38)29-16-24(18-33)9-10-30(29)40-32)25-6-4-7-26(17-25)31-34-19-27(20-35-31)39-21-23-11-13-36(2)14-12-23/h4-10,15-17,19-20,22-23H,11-14,21H2,1-3H3/b8-5-. The van der Waals surface area contributed by atoms with Gasteiger partial charge in [0.05, 0.1) is 41.7 Å². The molecule has 1 atom stereocenters. The zero-order valence-corrected chi connectivity index (χ0v) is 23.9. The van der Waals surface area contributed by atoms with Crippen molar-refractivity contribution in [1.82, 2.24) is 14.9 Å². The van der Waals surface area contributed by atoms with E-state index in [2.05, 4.69) is 59.0 Å². The molecule has 0 aliphatic carbocycles. The molecule has 1 unspecified atom stereocenters. The molecule has 8 heteroatoms. The summed E-state index contributed by atoms with van der Waals surface area (Å²) in [5.74, 6) is 1.94. The molecule has 0 amide bonds. The van der Waals surface area contributed by atoms with Crippen LogP contribution in [0, 0.1) is 17.2 Å². The Kier molecular flexibility index (Phi) is 8.54.